The van der Waals surface area contributed by atoms with Gasteiger partial charge >= 0.3 is 0 Å². The minimum Gasteiger partial charge on any atom is -0.472 e. The van der Waals surface area contributed by atoms with Gasteiger partial charge in [-0.25, -0.2) is 0 Å². The molecule has 1 aliphatic heterocycles. The van der Waals surface area contributed by atoms with E-state index >= 15 is 0 Å². The molecule has 2 amide bonds. The van der Waals surface area contributed by atoms with E-state index in [4.69, 9.17) is 4.42 Å². The van der Waals surface area contributed by atoms with Crippen LogP contribution in [0.3, 0.4) is 0 Å². The van der Waals surface area contributed by atoms with Gasteiger partial charge in [0.2, 0.25) is 0 Å². The van der Waals surface area contributed by atoms with Gasteiger partial charge in [0.25, 0.3) is 11.8 Å². The second kappa shape index (κ2) is 7.38. The number of halogens is 1. The molecular weight excluding hydrogens is 419 g/mol. The molecule has 2 heterocycles. The topological polar surface area (TPSA) is 62.6 Å². The summed E-state index contributed by atoms with van der Waals surface area (Å²) in [6, 6.07) is 7.52. The van der Waals surface area contributed by atoms with E-state index < -0.39 is 0 Å². The van der Waals surface area contributed by atoms with E-state index in [2.05, 4.69) is 27.9 Å². The number of hydrogen-bond donors (Lipinski definition) is 1. The highest BCUT2D eigenvalue weighted by Crippen LogP contribution is 2.18. The summed E-state index contributed by atoms with van der Waals surface area (Å²) in [6.07, 6.45) is 4.50. The van der Waals surface area contributed by atoms with Crippen molar-refractivity contribution in [2.75, 3.05) is 13.1 Å². The minimum atomic E-state index is -0.0392. The minimum absolute atomic E-state index is 0.0123. The fraction of sp³-hybridized carbons (Fsp3) is 0.333. The Morgan fingerprint density at radius 1 is 1.25 bits per heavy atom. The summed E-state index contributed by atoms with van der Waals surface area (Å²) in [5.74, 6) is -0.0514. The van der Waals surface area contributed by atoms with Crippen LogP contribution in [0.15, 0.2) is 41.2 Å². The lowest BCUT2D eigenvalue weighted by molar-refractivity contribution is 0.0697. The van der Waals surface area contributed by atoms with E-state index in [9.17, 15) is 9.59 Å². The lowest BCUT2D eigenvalue weighted by atomic mass is 10.0. The molecule has 0 bridgehead atoms. The molecule has 0 saturated carbocycles. The van der Waals surface area contributed by atoms with Gasteiger partial charge in [-0.05, 0) is 60.1 Å². The van der Waals surface area contributed by atoms with Gasteiger partial charge in [0.15, 0.2) is 0 Å². The number of likely N-dealkylation sites (tertiary alicyclic amines) is 1. The van der Waals surface area contributed by atoms with Crippen LogP contribution in [0.5, 0.6) is 0 Å². The number of benzene rings is 1. The molecule has 0 spiro atoms. The van der Waals surface area contributed by atoms with E-state index in [1.54, 1.807) is 6.07 Å². The zero-order valence-electron chi connectivity index (χ0n) is 13.4. The van der Waals surface area contributed by atoms with Crippen molar-refractivity contribution in [2.45, 2.75) is 25.8 Å². The second-order valence-electron chi connectivity index (χ2n) is 5.99. The molecule has 24 heavy (non-hydrogen) atoms. The Kier molecular flexibility index (Phi) is 5.23. The number of rotatable bonds is 3. The lowest BCUT2D eigenvalue weighted by Crippen LogP contribution is -2.46. The van der Waals surface area contributed by atoms with Gasteiger partial charge in [-0.3, -0.25) is 9.59 Å². The number of furan rings is 1. The molecule has 0 unspecified atom stereocenters. The first-order chi connectivity index (χ1) is 11.6. The Labute approximate surface area is 154 Å². The van der Waals surface area contributed by atoms with Gasteiger partial charge in [0, 0.05) is 22.7 Å². The first-order valence-electron chi connectivity index (χ1n) is 7.93. The zero-order valence-corrected chi connectivity index (χ0v) is 15.6. The van der Waals surface area contributed by atoms with Gasteiger partial charge in [0.05, 0.1) is 17.4 Å². The third-order valence-corrected chi connectivity index (χ3v) is 5.75. The number of amides is 2. The van der Waals surface area contributed by atoms with Crippen molar-refractivity contribution in [2.24, 2.45) is 0 Å². The van der Waals surface area contributed by atoms with Crippen molar-refractivity contribution in [1.29, 1.82) is 0 Å². The van der Waals surface area contributed by atoms with Crippen LogP contribution in [-0.4, -0.2) is 35.8 Å². The van der Waals surface area contributed by atoms with Crippen molar-refractivity contribution >= 4 is 34.4 Å². The lowest BCUT2D eigenvalue weighted by Gasteiger charge is -2.32. The molecule has 0 atom stereocenters. The van der Waals surface area contributed by atoms with Gasteiger partial charge in [0.1, 0.15) is 6.26 Å². The van der Waals surface area contributed by atoms with Crippen molar-refractivity contribution in [3.05, 3.63) is 57.1 Å². The predicted molar refractivity (Wildman–Crippen MR) is 99.0 cm³/mol. The van der Waals surface area contributed by atoms with Crippen LogP contribution < -0.4 is 5.32 Å². The molecule has 0 radical (unpaired) electrons. The number of carbonyl (C=O) groups is 2. The highest BCUT2D eigenvalue weighted by molar-refractivity contribution is 14.1. The van der Waals surface area contributed by atoms with Crippen molar-refractivity contribution in [3.63, 3.8) is 0 Å². The van der Waals surface area contributed by atoms with E-state index in [1.165, 1.54) is 12.5 Å². The van der Waals surface area contributed by atoms with E-state index in [-0.39, 0.29) is 17.9 Å². The summed E-state index contributed by atoms with van der Waals surface area (Å²) >= 11 is 2.21. The smallest absolute Gasteiger partial charge is 0.257 e. The van der Waals surface area contributed by atoms with Crippen molar-refractivity contribution in [1.82, 2.24) is 10.2 Å². The van der Waals surface area contributed by atoms with Crippen LogP contribution in [0, 0.1) is 10.5 Å². The number of nitrogens with one attached hydrogen (secondary N) is 1. The van der Waals surface area contributed by atoms with Crippen LogP contribution in [0.4, 0.5) is 0 Å². The number of carbonyl (C=O) groups excluding carboxylic acids is 2. The maximum absolute atomic E-state index is 12.5. The van der Waals surface area contributed by atoms with Gasteiger partial charge in [-0.1, -0.05) is 12.1 Å². The molecule has 1 fully saturated rings. The Hall–Kier alpha value is -1.83. The number of aryl methyl sites for hydroxylation is 1. The molecule has 1 aromatic heterocycles. The van der Waals surface area contributed by atoms with Crippen LogP contribution in [-0.2, 0) is 0 Å². The quantitative estimate of drug-likeness (QED) is 0.749. The fourth-order valence-corrected chi connectivity index (χ4v) is 3.49. The van der Waals surface area contributed by atoms with E-state index in [0.29, 0.717) is 24.2 Å². The number of piperidine rings is 1. The maximum atomic E-state index is 12.5. The summed E-state index contributed by atoms with van der Waals surface area (Å²) < 4.78 is 5.95. The zero-order chi connectivity index (χ0) is 17.1. The van der Waals surface area contributed by atoms with Crippen molar-refractivity contribution in [3.8, 4) is 0 Å². The third kappa shape index (κ3) is 3.63. The highest BCUT2D eigenvalue weighted by Gasteiger charge is 2.25. The van der Waals surface area contributed by atoms with Crippen LogP contribution in [0.2, 0.25) is 0 Å². The Balaban J connectivity index is 1.56. The summed E-state index contributed by atoms with van der Waals surface area (Å²) in [5, 5.41) is 3.10. The highest BCUT2D eigenvalue weighted by atomic mass is 127. The molecule has 6 heteroatoms. The normalized spacial score (nSPS) is 15.3. The van der Waals surface area contributed by atoms with E-state index in [0.717, 1.165) is 22.0 Å². The average molecular weight is 438 g/mol. The summed E-state index contributed by atoms with van der Waals surface area (Å²) in [4.78, 5) is 26.6. The Morgan fingerprint density at radius 2 is 2.00 bits per heavy atom. The summed E-state index contributed by atoms with van der Waals surface area (Å²) in [7, 11) is 0. The first-order valence-corrected chi connectivity index (χ1v) is 9.01. The van der Waals surface area contributed by atoms with Gasteiger partial charge in [-0.2, -0.15) is 0 Å². The SMILES string of the molecule is Cc1cccc(C(=O)NC2CCN(C(=O)c3ccoc3)CC2)c1I. The molecular formula is C18H19IN2O3. The average Bonchev–Trinajstić information content (AvgIpc) is 3.12. The number of hydrogen-bond acceptors (Lipinski definition) is 3. The van der Waals surface area contributed by atoms with E-state index in [1.807, 2.05) is 30.0 Å². The Morgan fingerprint density at radius 3 is 2.67 bits per heavy atom. The standard InChI is InChI=1S/C18H19IN2O3/c1-12-3-2-4-15(16(12)19)17(22)20-14-5-8-21(9-6-14)18(23)13-7-10-24-11-13/h2-4,7,10-11,14H,5-6,8-9H2,1H3,(H,20,22). The largest absolute Gasteiger partial charge is 0.472 e. The van der Waals surface area contributed by atoms with Crippen LogP contribution in [0.1, 0.15) is 39.1 Å². The first kappa shape index (κ1) is 17.0. The maximum Gasteiger partial charge on any atom is 0.257 e. The third-order valence-electron chi connectivity index (χ3n) is 4.32. The second-order valence-corrected chi connectivity index (χ2v) is 7.07. The summed E-state index contributed by atoms with van der Waals surface area (Å²) in [6.45, 7) is 3.28. The Bertz CT molecular complexity index is 735. The molecule has 1 N–H and O–H groups in total. The molecule has 1 aromatic carbocycles. The number of nitrogens with zero attached hydrogens (tertiary/aromatic N) is 1. The van der Waals surface area contributed by atoms with Gasteiger partial charge < -0.3 is 14.6 Å². The molecule has 0 aliphatic carbocycles. The summed E-state index contributed by atoms with van der Waals surface area (Å²) in [5.41, 5.74) is 2.39. The van der Waals surface area contributed by atoms with Gasteiger partial charge in [-0.15, -0.1) is 0 Å². The molecule has 1 aliphatic rings. The van der Waals surface area contributed by atoms with Crippen molar-refractivity contribution < 1.29 is 14.0 Å². The monoisotopic (exact) mass is 438 g/mol. The molecule has 1 saturated heterocycles. The van der Waals surface area contributed by atoms with Crippen LogP contribution >= 0.6 is 22.6 Å². The van der Waals surface area contributed by atoms with Crippen LogP contribution in [0.25, 0.3) is 0 Å². The predicted octanol–water partition coefficient (Wildman–Crippen LogP) is 3.23. The molecule has 126 valence electrons. The molecule has 3 rings (SSSR count). The molecule has 2 aromatic rings. The molecule has 5 nitrogen and oxygen atoms in total. The fourth-order valence-electron chi connectivity index (χ4n) is 2.88.